The van der Waals surface area contributed by atoms with Gasteiger partial charge in [-0.25, -0.2) is 0 Å². The van der Waals surface area contributed by atoms with Crippen molar-refractivity contribution >= 4 is 11.6 Å². The molecule has 0 spiro atoms. The zero-order chi connectivity index (χ0) is 10.6. The zero-order valence-corrected chi connectivity index (χ0v) is 9.21. The van der Waals surface area contributed by atoms with E-state index in [1.165, 1.54) is 0 Å². The monoisotopic (exact) mass is 214 g/mol. The van der Waals surface area contributed by atoms with E-state index in [1.54, 1.807) is 13.2 Å². The lowest BCUT2D eigenvalue weighted by Gasteiger charge is -2.14. The third-order valence-electron chi connectivity index (χ3n) is 2.01. The van der Waals surface area contributed by atoms with Crippen molar-refractivity contribution in [1.82, 2.24) is 4.90 Å². The molecule has 0 amide bonds. The normalized spacial score (nSPS) is 10.6. The first-order valence-electron chi connectivity index (χ1n) is 4.38. The molecule has 0 bridgehead atoms. The maximum Gasteiger partial charge on any atom is 0.120 e. The van der Waals surface area contributed by atoms with Gasteiger partial charge in [0.05, 0.1) is 7.11 Å². The Kier molecular flexibility index (Phi) is 4.20. The lowest BCUT2D eigenvalue weighted by Crippen LogP contribution is -2.25. The zero-order valence-electron chi connectivity index (χ0n) is 8.46. The second-order valence-electron chi connectivity index (χ2n) is 3.15. The van der Waals surface area contributed by atoms with E-state index < -0.39 is 0 Å². The first kappa shape index (κ1) is 11.3. The minimum Gasteiger partial charge on any atom is -0.497 e. The van der Waals surface area contributed by atoms with Gasteiger partial charge < -0.3 is 10.5 Å². The first-order valence-corrected chi connectivity index (χ1v) is 4.76. The number of ether oxygens (including phenoxy) is 1. The molecule has 2 N–H and O–H groups in total. The van der Waals surface area contributed by atoms with E-state index in [-0.39, 0.29) is 0 Å². The molecule has 0 atom stereocenters. The van der Waals surface area contributed by atoms with Crippen LogP contribution in [0.1, 0.15) is 5.56 Å². The average molecular weight is 215 g/mol. The molecule has 4 heteroatoms. The Hall–Kier alpha value is -0.770. The second-order valence-corrected chi connectivity index (χ2v) is 3.56. The fourth-order valence-electron chi connectivity index (χ4n) is 1.14. The molecule has 0 aliphatic rings. The smallest absolute Gasteiger partial charge is 0.120 e. The molecule has 78 valence electrons. The van der Waals surface area contributed by atoms with Gasteiger partial charge in [0.25, 0.3) is 0 Å². The number of methoxy groups -OCH3 is 1. The highest BCUT2D eigenvalue weighted by Crippen LogP contribution is 2.22. The van der Waals surface area contributed by atoms with Crippen LogP contribution in [0.4, 0.5) is 0 Å². The Morgan fingerprint density at radius 2 is 2.21 bits per heavy atom. The van der Waals surface area contributed by atoms with Crippen LogP contribution in [-0.2, 0) is 6.54 Å². The molecule has 0 saturated heterocycles. The number of nitrogens with zero attached hydrogens (tertiary/aromatic N) is 1. The van der Waals surface area contributed by atoms with E-state index in [1.807, 2.05) is 24.1 Å². The maximum absolute atomic E-state index is 6.06. The third-order valence-corrected chi connectivity index (χ3v) is 2.36. The van der Waals surface area contributed by atoms with Crippen molar-refractivity contribution in [2.75, 3.05) is 20.8 Å². The predicted octanol–water partition coefficient (Wildman–Crippen LogP) is 1.70. The second kappa shape index (κ2) is 5.20. The molecule has 0 heterocycles. The van der Waals surface area contributed by atoms with E-state index >= 15 is 0 Å². The highest BCUT2D eigenvalue weighted by Gasteiger charge is 2.04. The quantitative estimate of drug-likeness (QED) is 0.776. The van der Waals surface area contributed by atoms with Gasteiger partial charge in [-0.1, -0.05) is 17.7 Å². The van der Waals surface area contributed by atoms with Gasteiger partial charge in [-0.2, -0.15) is 0 Å². The fourth-order valence-corrected chi connectivity index (χ4v) is 1.37. The van der Waals surface area contributed by atoms with E-state index in [0.29, 0.717) is 11.7 Å². The van der Waals surface area contributed by atoms with Crippen LogP contribution in [-0.4, -0.2) is 25.7 Å². The number of nitrogens with two attached hydrogens (primary N) is 1. The molecule has 14 heavy (non-hydrogen) atoms. The Balaban J connectivity index is 2.78. The van der Waals surface area contributed by atoms with Crippen molar-refractivity contribution in [3.8, 4) is 5.75 Å². The van der Waals surface area contributed by atoms with Gasteiger partial charge in [0.15, 0.2) is 0 Å². The molecule has 1 aromatic rings. The van der Waals surface area contributed by atoms with Gasteiger partial charge in [-0.05, 0) is 24.7 Å². The number of hydrogen-bond acceptors (Lipinski definition) is 3. The number of benzene rings is 1. The maximum atomic E-state index is 6.06. The van der Waals surface area contributed by atoms with Crippen molar-refractivity contribution in [2.24, 2.45) is 5.73 Å². The van der Waals surface area contributed by atoms with Crippen molar-refractivity contribution < 1.29 is 4.74 Å². The fraction of sp³-hybridized carbons (Fsp3) is 0.400. The molecule has 0 fully saturated rings. The summed E-state index contributed by atoms with van der Waals surface area (Å²) < 4.78 is 5.06. The molecular weight excluding hydrogens is 200 g/mol. The predicted molar refractivity (Wildman–Crippen MR) is 58.5 cm³/mol. The topological polar surface area (TPSA) is 38.5 Å². The standard InChI is InChI=1S/C10H15ClN2O/c1-13(7-12)6-8-3-4-9(14-2)5-10(8)11/h3-5H,6-7,12H2,1-2H3. The molecule has 0 aliphatic carbocycles. The summed E-state index contributed by atoms with van der Waals surface area (Å²) in [5, 5.41) is 0.713. The van der Waals surface area contributed by atoms with Crippen LogP contribution in [0.3, 0.4) is 0 Å². The molecule has 0 unspecified atom stereocenters. The molecule has 1 rings (SSSR count). The molecule has 1 aromatic carbocycles. The Morgan fingerprint density at radius 3 is 2.71 bits per heavy atom. The summed E-state index contributed by atoms with van der Waals surface area (Å²) in [5.74, 6) is 0.772. The largest absolute Gasteiger partial charge is 0.497 e. The first-order chi connectivity index (χ1) is 6.67. The summed E-state index contributed by atoms with van der Waals surface area (Å²) in [6.07, 6.45) is 0. The summed E-state index contributed by atoms with van der Waals surface area (Å²) >= 11 is 6.06. The Labute approximate surface area is 89.4 Å². The van der Waals surface area contributed by atoms with Crippen LogP contribution >= 0.6 is 11.6 Å². The van der Waals surface area contributed by atoms with Gasteiger partial charge in [0.1, 0.15) is 5.75 Å². The van der Waals surface area contributed by atoms with Crippen molar-refractivity contribution in [3.05, 3.63) is 28.8 Å². The van der Waals surface area contributed by atoms with E-state index in [9.17, 15) is 0 Å². The van der Waals surface area contributed by atoms with E-state index in [4.69, 9.17) is 22.1 Å². The molecule has 0 radical (unpaired) electrons. The Bertz CT molecular complexity index is 304. The van der Waals surface area contributed by atoms with Crippen molar-refractivity contribution in [1.29, 1.82) is 0 Å². The highest BCUT2D eigenvalue weighted by atomic mass is 35.5. The van der Waals surface area contributed by atoms with E-state index in [0.717, 1.165) is 17.9 Å². The van der Waals surface area contributed by atoms with Crippen LogP contribution in [0.25, 0.3) is 0 Å². The number of hydrogen-bond donors (Lipinski definition) is 1. The minimum atomic E-state index is 0.516. The lowest BCUT2D eigenvalue weighted by molar-refractivity contribution is 0.337. The van der Waals surface area contributed by atoms with Gasteiger partial charge in [-0.15, -0.1) is 0 Å². The van der Waals surface area contributed by atoms with Gasteiger partial charge in [-0.3, -0.25) is 4.90 Å². The molecule has 3 nitrogen and oxygen atoms in total. The van der Waals surface area contributed by atoms with Crippen LogP contribution in [0.5, 0.6) is 5.75 Å². The van der Waals surface area contributed by atoms with Crippen molar-refractivity contribution in [2.45, 2.75) is 6.54 Å². The summed E-state index contributed by atoms with van der Waals surface area (Å²) in [6.45, 7) is 1.27. The summed E-state index contributed by atoms with van der Waals surface area (Å²) in [6, 6.07) is 5.65. The SMILES string of the molecule is COc1ccc(CN(C)CN)c(Cl)c1. The van der Waals surface area contributed by atoms with Crippen LogP contribution in [0.15, 0.2) is 18.2 Å². The molecular formula is C10H15ClN2O. The van der Waals surface area contributed by atoms with Gasteiger partial charge in [0, 0.05) is 18.2 Å². The summed E-state index contributed by atoms with van der Waals surface area (Å²) in [5.41, 5.74) is 6.54. The van der Waals surface area contributed by atoms with Gasteiger partial charge in [0.2, 0.25) is 0 Å². The van der Waals surface area contributed by atoms with Crippen LogP contribution in [0, 0.1) is 0 Å². The van der Waals surface area contributed by atoms with Crippen LogP contribution in [0.2, 0.25) is 5.02 Å². The molecule has 0 aliphatic heterocycles. The van der Waals surface area contributed by atoms with Crippen LogP contribution < -0.4 is 10.5 Å². The lowest BCUT2D eigenvalue weighted by atomic mass is 10.2. The highest BCUT2D eigenvalue weighted by molar-refractivity contribution is 6.31. The summed E-state index contributed by atoms with van der Waals surface area (Å²) in [7, 11) is 3.57. The minimum absolute atomic E-state index is 0.516. The van der Waals surface area contributed by atoms with Gasteiger partial charge >= 0.3 is 0 Å². The van der Waals surface area contributed by atoms with Crippen molar-refractivity contribution in [3.63, 3.8) is 0 Å². The number of rotatable bonds is 4. The molecule has 0 aromatic heterocycles. The molecule has 0 saturated carbocycles. The third kappa shape index (κ3) is 2.87. The summed E-state index contributed by atoms with van der Waals surface area (Å²) in [4.78, 5) is 1.98. The van der Waals surface area contributed by atoms with E-state index in [2.05, 4.69) is 0 Å². The Morgan fingerprint density at radius 1 is 1.50 bits per heavy atom. The average Bonchev–Trinajstić information content (AvgIpc) is 2.20. The number of halogens is 1.